The smallest absolute Gasteiger partial charge is 0.239 e. The molecular formula is C17H31IN4O. The summed E-state index contributed by atoms with van der Waals surface area (Å²) in [6.45, 7) is 2.52. The van der Waals surface area contributed by atoms with Gasteiger partial charge in [-0.25, -0.2) is 0 Å². The first-order valence-corrected chi connectivity index (χ1v) is 8.96. The largest absolute Gasteiger partial charge is 0.352 e. The van der Waals surface area contributed by atoms with E-state index >= 15 is 0 Å². The van der Waals surface area contributed by atoms with Gasteiger partial charge in [-0.3, -0.25) is 9.79 Å². The van der Waals surface area contributed by atoms with Gasteiger partial charge in [0.05, 0.1) is 6.54 Å². The molecule has 132 valence electrons. The van der Waals surface area contributed by atoms with Gasteiger partial charge < -0.3 is 15.5 Å². The van der Waals surface area contributed by atoms with Gasteiger partial charge >= 0.3 is 0 Å². The maximum atomic E-state index is 12.1. The molecule has 1 heterocycles. The van der Waals surface area contributed by atoms with Gasteiger partial charge in [0.15, 0.2) is 5.96 Å². The highest BCUT2D eigenvalue weighted by Gasteiger charge is 2.43. The van der Waals surface area contributed by atoms with Crippen molar-refractivity contribution in [1.29, 1.82) is 0 Å². The second kappa shape index (κ2) is 8.53. The summed E-state index contributed by atoms with van der Waals surface area (Å²) in [7, 11) is 1.81. The summed E-state index contributed by atoms with van der Waals surface area (Å²) in [5.74, 6) is 0.994. The molecule has 3 fully saturated rings. The quantitative estimate of drug-likeness (QED) is 0.408. The minimum atomic E-state index is 0. The molecule has 0 atom stereocenters. The van der Waals surface area contributed by atoms with Crippen molar-refractivity contribution in [3.63, 3.8) is 0 Å². The summed E-state index contributed by atoms with van der Waals surface area (Å²) in [5.41, 5.74) is 0.558. The first-order valence-electron chi connectivity index (χ1n) is 8.96. The highest BCUT2D eigenvalue weighted by molar-refractivity contribution is 14.0. The second-order valence-corrected chi connectivity index (χ2v) is 7.33. The lowest BCUT2D eigenvalue weighted by atomic mass is 9.68. The van der Waals surface area contributed by atoms with E-state index in [1.54, 1.807) is 0 Å². The van der Waals surface area contributed by atoms with Gasteiger partial charge in [-0.15, -0.1) is 24.0 Å². The normalized spacial score (nSPS) is 24.0. The van der Waals surface area contributed by atoms with Crippen molar-refractivity contribution in [2.24, 2.45) is 10.4 Å². The van der Waals surface area contributed by atoms with E-state index in [0.717, 1.165) is 31.9 Å². The first kappa shape index (κ1) is 18.8. The molecule has 0 bridgehead atoms. The van der Waals surface area contributed by atoms with Crippen LogP contribution in [-0.4, -0.2) is 49.5 Å². The van der Waals surface area contributed by atoms with Crippen LogP contribution in [0.4, 0.5) is 0 Å². The van der Waals surface area contributed by atoms with Gasteiger partial charge in [0, 0.05) is 26.2 Å². The molecule has 3 aliphatic rings. The zero-order chi connectivity index (χ0) is 15.4. The minimum absolute atomic E-state index is 0. The number of halogens is 1. The van der Waals surface area contributed by atoms with Crippen LogP contribution in [0.5, 0.6) is 0 Å². The van der Waals surface area contributed by atoms with E-state index in [-0.39, 0.29) is 29.9 Å². The molecule has 1 amide bonds. The van der Waals surface area contributed by atoms with E-state index in [2.05, 4.69) is 20.5 Å². The molecule has 0 unspecified atom stereocenters. The topological polar surface area (TPSA) is 56.7 Å². The lowest BCUT2D eigenvalue weighted by molar-refractivity contribution is -0.120. The summed E-state index contributed by atoms with van der Waals surface area (Å²) in [6, 6.07) is 0.384. The Morgan fingerprint density at radius 1 is 1.17 bits per heavy atom. The molecule has 1 spiro atoms. The molecule has 0 aromatic rings. The number of likely N-dealkylation sites (tertiary alicyclic amines) is 1. The van der Waals surface area contributed by atoms with Crippen LogP contribution < -0.4 is 10.6 Å². The van der Waals surface area contributed by atoms with E-state index in [0.29, 0.717) is 18.0 Å². The third-order valence-corrected chi connectivity index (χ3v) is 5.74. The van der Waals surface area contributed by atoms with Gasteiger partial charge in [-0.1, -0.05) is 25.7 Å². The Kier molecular flexibility index (Phi) is 6.98. The number of guanidine groups is 1. The van der Waals surface area contributed by atoms with Crippen LogP contribution in [0.15, 0.2) is 4.99 Å². The summed E-state index contributed by atoms with van der Waals surface area (Å²) in [4.78, 5) is 18.8. The number of aliphatic imine (C=N–C) groups is 1. The van der Waals surface area contributed by atoms with Gasteiger partial charge in [0.25, 0.3) is 0 Å². The van der Waals surface area contributed by atoms with Crippen molar-refractivity contribution in [1.82, 2.24) is 15.5 Å². The maximum Gasteiger partial charge on any atom is 0.239 e. The van der Waals surface area contributed by atoms with E-state index in [4.69, 9.17) is 0 Å². The second-order valence-electron chi connectivity index (χ2n) is 7.33. The van der Waals surface area contributed by atoms with Crippen LogP contribution in [0.1, 0.15) is 57.8 Å². The third-order valence-electron chi connectivity index (χ3n) is 5.74. The Hall–Kier alpha value is -0.530. The fraction of sp³-hybridized carbons (Fsp3) is 0.882. The van der Waals surface area contributed by atoms with E-state index in [1.807, 2.05) is 7.05 Å². The van der Waals surface area contributed by atoms with Gasteiger partial charge in [0.1, 0.15) is 0 Å². The number of nitrogens with one attached hydrogen (secondary N) is 2. The molecule has 23 heavy (non-hydrogen) atoms. The SMILES string of the molecule is CN=C(NCC(=O)NC1CCCCC1)N1CCC2(CCC2)C1.I. The standard InChI is InChI=1S/C17H30N4O.HI/c1-18-16(21-11-10-17(13-21)8-5-9-17)19-12-15(22)20-14-6-3-2-4-7-14;/h14H,2-13H2,1H3,(H,18,19)(H,20,22);1H. The van der Waals surface area contributed by atoms with Crippen LogP contribution in [0, 0.1) is 5.41 Å². The molecule has 0 aromatic heterocycles. The number of rotatable bonds is 3. The number of carbonyl (C=O) groups is 1. The summed E-state index contributed by atoms with van der Waals surface area (Å²) < 4.78 is 0. The summed E-state index contributed by atoms with van der Waals surface area (Å²) in [6.07, 6.45) is 11.5. The monoisotopic (exact) mass is 434 g/mol. The van der Waals surface area contributed by atoms with Crippen molar-refractivity contribution < 1.29 is 4.79 Å². The number of carbonyl (C=O) groups excluding carboxylic acids is 1. The van der Waals surface area contributed by atoms with Crippen molar-refractivity contribution in [2.75, 3.05) is 26.7 Å². The first-order chi connectivity index (χ1) is 10.7. The van der Waals surface area contributed by atoms with Crippen molar-refractivity contribution >= 4 is 35.8 Å². The van der Waals surface area contributed by atoms with Crippen LogP contribution in [0.2, 0.25) is 0 Å². The van der Waals surface area contributed by atoms with Crippen LogP contribution in [0.25, 0.3) is 0 Å². The Morgan fingerprint density at radius 2 is 1.91 bits per heavy atom. The van der Waals surface area contributed by atoms with Crippen LogP contribution >= 0.6 is 24.0 Å². The van der Waals surface area contributed by atoms with Gasteiger partial charge in [-0.2, -0.15) is 0 Å². The zero-order valence-corrected chi connectivity index (χ0v) is 16.6. The molecule has 6 heteroatoms. The van der Waals surface area contributed by atoms with E-state index in [9.17, 15) is 4.79 Å². The molecule has 5 nitrogen and oxygen atoms in total. The highest BCUT2D eigenvalue weighted by atomic mass is 127. The number of hydrogen-bond donors (Lipinski definition) is 2. The predicted molar refractivity (Wildman–Crippen MR) is 104 cm³/mol. The van der Waals surface area contributed by atoms with Crippen molar-refractivity contribution in [2.45, 2.75) is 63.8 Å². The minimum Gasteiger partial charge on any atom is -0.352 e. The van der Waals surface area contributed by atoms with Gasteiger partial charge in [0.2, 0.25) is 5.91 Å². The molecule has 1 aliphatic heterocycles. The number of amides is 1. The average Bonchev–Trinajstić information content (AvgIpc) is 2.95. The zero-order valence-electron chi connectivity index (χ0n) is 14.3. The van der Waals surface area contributed by atoms with Gasteiger partial charge in [-0.05, 0) is 37.5 Å². The molecular weight excluding hydrogens is 403 g/mol. The molecule has 3 rings (SSSR count). The number of hydrogen-bond acceptors (Lipinski definition) is 2. The fourth-order valence-electron chi connectivity index (χ4n) is 4.22. The Labute approximate surface area is 157 Å². The van der Waals surface area contributed by atoms with Crippen molar-refractivity contribution in [3.05, 3.63) is 0 Å². The predicted octanol–water partition coefficient (Wildman–Crippen LogP) is 2.50. The Bertz CT molecular complexity index is 430. The number of nitrogens with zero attached hydrogens (tertiary/aromatic N) is 2. The van der Waals surface area contributed by atoms with E-state index < -0.39 is 0 Å². The average molecular weight is 434 g/mol. The van der Waals surface area contributed by atoms with Crippen LogP contribution in [-0.2, 0) is 4.79 Å². The molecule has 1 saturated heterocycles. The van der Waals surface area contributed by atoms with E-state index in [1.165, 1.54) is 44.9 Å². The fourth-order valence-corrected chi connectivity index (χ4v) is 4.22. The Morgan fingerprint density at radius 3 is 2.48 bits per heavy atom. The molecule has 0 radical (unpaired) electrons. The molecule has 2 saturated carbocycles. The Balaban J connectivity index is 0.00000192. The third kappa shape index (κ3) is 4.73. The summed E-state index contributed by atoms with van der Waals surface area (Å²) in [5, 5.41) is 6.40. The lowest BCUT2D eigenvalue weighted by Crippen LogP contribution is -2.47. The molecule has 2 N–H and O–H groups in total. The molecule has 2 aliphatic carbocycles. The highest BCUT2D eigenvalue weighted by Crippen LogP contribution is 2.47. The van der Waals surface area contributed by atoms with Crippen molar-refractivity contribution in [3.8, 4) is 0 Å². The maximum absolute atomic E-state index is 12.1. The molecule has 0 aromatic carbocycles. The lowest BCUT2D eigenvalue weighted by Gasteiger charge is -2.38. The summed E-state index contributed by atoms with van der Waals surface area (Å²) >= 11 is 0. The van der Waals surface area contributed by atoms with Crippen LogP contribution in [0.3, 0.4) is 0 Å².